The van der Waals surface area contributed by atoms with Gasteiger partial charge in [-0.25, -0.2) is 0 Å². The molecule has 14 heavy (non-hydrogen) atoms. The molecule has 0 saturated heterocycles. The van der Waals surface area contributed by atoms with Gasteiger partial charge in [0.2, 0.25) is 11.8 Å². The Morgan fingerprint density at radius 2 is 1.93 bits per heavy atom. The predicted molar refractivity (Wildman–Crippen MR) is 56.2 cm³/mol. The largest absolute Gasteiger partial charge is 0.425 e. The lowest BCUT2D eigenvalue weighted by Crippen LogP contribution is -2.15. The van der Waals surface area contributed by atoms with Gasteiger partial charge in [0, 0.05) is 11.8 Å². The summed E-state index contributed by atoms with van der Waals surface area (Å²) in [5, 5.41) is 8.15. The normalized spacial score (nSPS) is 12.0. The molecule has 0 aliphatic rings. The van der Waals surface area contributed by atoms with Crippen LogP contribution in [0, 0.1) is 0 Å². The topological polar surface area (TPSA) is 38.9 Å². The smallest absolute Gasteiger partial charge is 0.222 e. The van der Waals surface area contributed by atoms with Gasteiger partial charge in [-0.15, -0.1) is 10.2 Å². The lowest BCUT2D eigenvalue weighted by Gasteiger charge is -2.16. The molecule has 0 aliphatic carbocycles. The Morgan fingerprint density at radius 1 is 1.21 bits per heavy atom. The molecule has 0 fully saturated rings. The van der Waals surface area contributed by atoms with E-state index in [1.165, 1.54) is 0 Å². The molecule has 0 aromatic carbocycles. The molecule has 0 bridgehead atoms. The van der Waals surface area contributed by atoms with E-state index in [0.29, 0.717) is 0 Å². The zero-order chi connectivity index (χ0) is 10.6. The summed E-state index contributed by atoms with van der Waals surface area (Å²) in [6.07, 6.45) is 4.20. The second kappa shape index (κ2) is 4.58. The van der Waals surface area contributed by atoms with Crippen LogP contribution >= 0.6 is 0 Å². The minimum absolute atomic E-state index is 0.0114. The summed E-state index contributed by atoms with van der Waals surface area (Å²) in [4.78, 5) is 0. The molecular weight excluding hydrogens is 176 g/mol. The molecule has 3 heteroatoms. The van der Waals surface area contributed by atoms with Gasteiger partial charge in [0.1, 0.15) is 0 Å². The van der Waals surface area contributed by atoms with Crippen LogP contribution in [0.15, 0.2) is 4.42 Å². The Kier molecular flexibility index (Phi) is 3.67. The lowest BCUT2D eigenvalue weighted by molar-refractivity contribution is 0.343. The second-order valence-corrected chi connectivity index (χ2v) is 4.34. The summed E-state index contributed by atoms with van der Waals surface area (Å²) < 4.78 is 5.62. The summed E-state index contributed by atoms with van der Waals surface area (Å²) in [5.74, 6) is 1.55. The summed E-state index contributed by atoms with van der Waals surface area (Å²) in [5.41, 5.74) is 0.0114. The van der Waals surface area contributed by atoms with Crippen molar-refractivity contribution in [2.24, 2.45) is 0 Å². The molecule has 0 radical (unpaired) electrons. The molecule has 80 valence electrons. The number of rotatable bonds is 5. The van der Waals surface area contributed by atoms with Crippen LogP contribution in [0.4, 0.5) is 0 Å². The maximum atomic E-state index is 5.62. The van der Waals surface area contributed by atoms with E-state index in [1.807, 2.05) is 0 Å². The van der Waals surface area contributed by atoms with E-state index in [1.54, 1.807) is 0 Å². The minimum Gasteiger partial charge on any atom is -0.425 e. The number of aryl methyl sites for hydroxylation is 1. The molecule has 1 aromatic heterocycles. The lowest BCUT2D eigenvalue weighted by atomic mass is 9.90. The van der Waals surface area contributed by atoms with Crippen molar-refractivity contribution in [1.29, 1.82) is 0 Å². The van der Waals surface area contributed by atoms with Gasteiger partial charge in [-0.1, -0.05) is 34.1 Å². The van der Waals surface area contributed by atoms with Crippen LogP contribution in [0.3, 0.4) is 0 Å². The quantitative estimate of drug-likeness (QED) is 0.726. The molecule has 1 aromatic rings. The summed E-state index contributed by atoms with van der Waals surface area (Å²) in [6.45, 7) is 8.55. The van der Waals surface area contributed by atoms with Crippen molar-refractivity contribution in [3.63, 3.8) is 0 Å². The van der Waals surface area contributed by atoms with Crippen LogP contribution in [-0.2, 0) is 11.8 Å². The fourth-order valence-corrected chi connectivity index (χ4v) is 1.11. The minimum atomic E-state index is 0.0114. The van der Waals surface area contributed by atoms with Gasteiger partial charge in [0.05, 0.1) is 0 Å². The third kappa shape index (κ3) is 2.56. The third-order valence-corrected chi connectivity index (χ3v) is 2.67. The highest BCUT2D eigenvalue weighted by atomic mass is 16.4. The number of hydrogen-bond acceptors (Lipinski definition) is 3. The molecule has 0 saturated carbocycles. The molecule has 0 aliphatic heterocycles. The highest BCUT2D eigenvalue weighted by molar-refractivity contribution is 4.98. The van der Waals surface area contributed by atoms with Crippen LogP contribution in [0.5, 0.6) is 0 Å². The highest BCUT2D eigenvalue weighted by Crippen LogP contribution is 2.25. The third-order valence-electron chi connectivity index (χ3n) is 2.67. The van der Waals surface area contributed by atoms with Gasteiger partial charge in [-0.3, -0.25) is 0 Å². The Bertz CT molecular complexity index is 279. The first-order valence-electron chi connectivity index (χ1n) is 5.43. The predicted octanol–water partition coefficient (Wildman–Crippen LogP) is 3.10. The first-order chi connectivity index (χ1) is 6.60. The van der Waals surface area contributed by atoms with E-state index in [4.69, 9.17) is 4.42 Å². The number of unbranched alkanes of at least 4 members (excludes halogenated alkanes) is 1. The zero-order valence-corrected chi connectivity index (χ0v) is 9.63. The van der Waals surface area contributed by atoms with Crippen LogP contribution in [0.25, 0.3) is 0 Å². The summed E-state index contributed by atoms with van der Waals surface area (Å²) in [6, 6.07) is 0. The van der Waals surface area contributed by atoms with Gasteiger partial charge in [-0.2, -0.15) is 0 Å². The average molecular weight is 196 g/mol. The van der Waals surface area contributed by atoms with E-state index in [-0.39, 0.29) is 5.41 Å². The molecule has 1 heterocycles. The van der Waals surface area contributed by atoms with Gasteiger partial charge < -0.3 is 4.42 Å². The molecule has 0 amide bonds. The van der Waals surface area contributed by atoms with Gasteiger partial charge in [0.15, 0.2) is 0 Å². The van der Waals surface area contributed by atoms with Crippen LogP contribution in [0.1, 0.15) is 58.7 Å². The van der Waals surface area contributed by atoms with E-state index >= 15 is 0 Å². The van der Waals surface area contributed by atoms with E-state index < -0.39 is 0 Å². The highest BCUT2D eigenvalue weighted by Gasteiger charge is 2.24. The number of aromatic nitrogens is 2. The standard InChI is InChI=1S/C11H20N2O/c1-5-7-8-9-12-13-10(14-9)11(3,4)6-2/h5-8H2,1-4H3. The average Bonchev–Trinajstić information content (AvgIpc) is 2.63. The Morgan fingerprint density at radius 3 is 2.50 bits per heavy atom. The Balaban J connectivity index is 2.67. The van der Waals surface area contributed by atoms with Crippen LogP contribution in [0.2, 0.25) is 0 Å². The fourth-order valence-electron chi connectivity index (χ4n) is 1.11. The number of hydrogen-bond donors (Lipinski definition) is 0. The van der Waals surface area contributed by atoms with Crippen molar-refractivity contribution in [2.75, 3.05) is 0 Å². The first-order valence-corrected chi connectivity index (χ1v) is 5.43. The first kappa shape index (κ1) is 11.2. The maximum Gasteiger partial charge on any atom is 0.222 e. The fraction of sp³-hybridized carbons (Fsp3) is 0.818. The van der Waals surface area contributed by atoms with Crippen molar-refractivity contribution < 1.29 is 4.42 Å². The Labute approximate surface area is 85.9 Å². The summed E-state index contributed by atoms with van der Waals surface area (Å²) in [7, 11) is 0. The second-order valence-electron chi connectivity index (χ2n) is 4.34. The molecule has 3 nitrogen and oxygen atoms in total. The van der Waals surface area contributed by atoms with Gasteiger partial charge >= 0.3 is 0 Å². The van der Waals surface area contributed by atoms with Crippen LogP contribution in [-0.4, -0.2) is 10.2 Å². The molecule has 0 N–H and O–H groups in total. The summed E-state index contributed by atoms with van der Waals surface area (Å²) >= 11 is 0. The molecule has 0 atom stereocenters. The van der Waals surface area contributed by atoms with Crippen molar-refractivity contribution in [2.45, 2.75) is 58.8 Å². The molecule has 0 unspecified atom stereocenters. The molecular formula is C11H20N2O. The van der Waals surface area contributed by atoms with E-state index in [9.17, 15) is 0 Å². The van der Waals surface area contributed by atoms with Gasteiger partial charge in [-0.05, 0) is 12.8 Å². The SMILES string of the molecule is CCCCc1nnc(C(C)(C)CC)o1. The number of nitrogens with zero attached hydrogens (tertiary/aromatic N) is 2. The van der Waals surface area contributed by atoms with E-state index in [0.717, 1.165) is 37.5 Å². The maximum absolute atomic E-state index is 5.62. The van der Waals surface area contributed by atoms with E-state index in [2.05, 4.69) is 37.9 Å². The van der Waals surface area contributed by atoms with Gasteiger partial charge in [0.25, 0.3) is 0 Å². The zero-order valence-electron chi connectivity index (χ0n) is 9.63. The molecule has 1 rings (SSSR count). The van der Waals surface area contributed by atoms with Crippen molar-refractivity contribution in [3.05, 3.63) is 11.8 Å². The molecule has 0 spiro atoms. The van der Waals surface area contributed by atoms with Crippen molar-refractivity contribution in [1.82, 2.24) is 10.2 Å². The van der Waals surface area contributed by atoms with Crippen molar-refractivity contribution >= 4 is 0 Å². The van der Waals surface area contributed by atoms with Crippen LogP contribution < -0.4 is 0 Å². The monoisotopic (exact) mass is 196 g/mol. The van der Waals surface area contributed by atoms with Crippen molar-refractivity contribution in [3.8, 4) is 0 Å². The Hall–Kier alpha value is -0.860.